The van der Waals surface area contributed by atoms with Gasteiger partial charge in [-0.15, -0.1) is 0 Å². The van der Waals surface area contributed by atoms with E-state index in [-0.39, 0.29) is 10.6 Å². The molecule has 5 rings (SSSR count). The van der Waals surface area contributed by atoms with Crippen LogP contribution in [0.3, 0.4) is 0 Å². The third-order valence-electron chi connectivity index (χ3n) is 6.25. The first-order chi connectivity index (χ1) is 17.1. The first kappa shape index (κ1) is 23.0. The zero-order valence-corrected chi connectivity index (χ0v) is 20.0. The first-order valence-electron chi connectivity index (χ1n) is 11.5. The van der Waals surface area contributed by atoms with Gasteiger partial charge in [0.2, 0.25) is 9.84 Å². The molecule has 0 N–H and O–H groups in total. The topological polar surface area (TPSA) is 90.2 Å². The number of fused-ring (bicyclic) bond motifs is 1. The standard InChI is InChI=1S/C27H25N5O2S/c28-19-25(35(33,34)22-11-5-2-6-12-22)26-27(30-24-14-8-7-13-23(24)29-26)32-17-15-31(16-18-32)20-21-9-3-1-4-10-21/h1-14,25H,15-18,20H2/t25-/m1/s1. The number of hydrogen-bond acceptors (Lipinski definition) is 7. The van der Waals surface area contributed by atoms with Crippen molar-refractivity contribution in [2.75, 3.05) is 31.1 Å². The number of para-hydroxylation sites is 2. The lowest BCUT2D eigenvalue weighted by Gasteiger charge is -2.36. The minimum atomic E-state index is -3.99. The van der Waals surface area contributed by atoms with Crippen molar-refractivity contribution in [3.05, 3.63) is 96.2 Å². The van der Waals surface area contributed by atoms with Crippen LogP contribution in [-0.2, 0) is 16.4 Å². The zero-order valence-electron chi connectivity index (χ0n) is 19.2. The molecule has 1 aliphatic rings. The molecule has 1 aromatic heterocycles. The highest BCUT2D eigenvalue weighted by Crippen LogP contribution is 2.34. The molecule has 35 heavy (non-hydrogen) atoms. The Kier molecular flexibility index (Phi) is 6.45. The molecule has 0 aliphatic carbocycles. The second-order valence-electron chi connectivity index (χ2n) is 8.54. The molecule has 0 saturated carbocycles. The van der Waals surface area contributed by atoms with Crippen molar-refractivity contribution in [3.63, 3.8) is 0 Å². The van der Waals surface area contributed by atoms with Gasteiger partial charge in [0.05, 0.1) is 22.0 Å². The second-order valence-corrected chi connectivity index (χ2v) is 10.6. The van der Waals surface area contributed by atoms with Gasteiger partial charge in [-0.05, 0) is 29.8 Å². The quantitative estimate of drug-likeness (QED) is 0.410. The molecule has 1 saturated heterocycles. The van der Waals surface area contributed by atoms with Crippen molar-refractivity contribution in [1.82, 2.24) is 14.9 Å². The molecule has 2 heterocycles. The molecule has 8 heteroatoms. The smallest absolute Gasteiger partial charge is 0.200 e. The van der Waals surface area contributed by atoms with Crippen LogP contribution in [0.25, 0.3) is 11.0 Å². The van der Waals surface area contributed by atoms with E-state index in [1.165, 1.54) is 17.7 Å². The number of benzene rings is 3. The number of hydrogen-bond donors (Lipinski definition) is 0. The lowest BCUT2D eigenvalue weighted by molar-refractivity contribution is 0.249. The fraction of sp³-hybridized carbons (Fsp3) is 0.222. The highest BCUT2D eigenvalue weighted by molar-refractivity contribution is 7.92. The van der Waals surface area contributed by atoms with Gasteiger partial charge < -0.3 is 4.90 Å². The summed E-state index contributed by atoms with van der Waals surface area (Å²) in [5.41, 5.74) is 2.68. The first-order valence-corrected chi connectivity index (χ1v) is 13.1. The van der Waals surface area contributed by atoms with Crippen LogP contribution in [0.5, 0.6) is 0 Å². The molecule has 3 aromatic carbocycles. The lowest BCUT2D eigenvalue weighted by atomic mass is 10.2. The molecule has 1 aliphatic heterocycles. The van der Waals surface area contributed by atoms with E-state index in [1.807, 2.05) is 42.5 Å². The summed E-state index contributed by atoms with van der Waals surface area (Å²) in [5.74, 6) is 0.467. The predicted molar refractivity (Wildman–Crippen MR) is 135 cm³/mol. The van der Waals surface area contributed by atoms with Gasteiger partial charge >= 0.3 is 0 Å². The van der Waals surface area contributed by atoms with Crippen molar-refractivity contribution < 1.29 is 8.42 Å². The van der Waals surface area contributed by atoms with E-state index in [4.69, 9.17) is 4.98 Å². The monoisotopic (exact) mass is 483 g/mol. The highest BCUT2D eigenvalue weighted by Gasteiger charge is 2.35. The Morgan fingerprint density at radius 3 is 2.00 bits per heavy atom. The van der Waals surface area contributed by atoms with Crippen molar-refractivity contribution in [1.29, 1.82) is 5.26 Å². The van der Waals surface area contributed by atoms with Gasteiger partial charge in [-0.3, -0.25) is 4.90 Å². The summed E-state index contributed by atoms with van der Waals surface area (Å²) in [6.07, 6.45) is 0. The molecule has 0 radical (unpaired) electrons. The summed E-state index contributed by atoms with van der Waals surface area (Å²) in [5, 5.41) is 8.59. The Morgan fingerprint density at radius 1 is 0.800 bits per heavy atom. The number of piperazine rings is 1. The van der Waals surface area contributed by atoms with Gasteiger partial charge in [-0.25, -0.2) is 18.4 Å². The number of anilines is 1. The second kappa shape index (κ2) is 9.82. The number of sulfone groups is 1. The Morgan fingerprint density at radius 2 is 1.37 bits per heavy atom. The molecular formula is C27H25N5O2S. The van der Waals surface area contributed by atoms with Crippen LogP contribution in [0.2, 0.25) is 0 Å². The highest BCUT2D eigenvalue weighted by atomic mass is 32.2. The maximum absolute atomic E-state index is 13.5. The van der Waals surface area contributed by atoms with Crippen LogP contribution < -0.4 is 4.90 Å². The van der Waals surface area contributed by atoms with Crippen LogP contribution in [-0.4, -0.2) is 49.5 Å². The van der Waals surface area contributed by atoms with E-state index in [1.54, 1.807) is 24.3 Å². The molecule has 176 valence electrons. The Hall–Kier alpha value is -3.80. The SMILES string of the molecule is N#C[C@H](c1nc2ccccc2nc1N1CCN(Cc2ccccc2)CC1)S(=O)(=O)c1ccccc1. The van der Waals surface area contributed by atoms with Gasteiger partial charge in [0.1, 0.15) is 5.69 Å². The van der Waals surface area contributed by atoms with Crippen LogP contribution in [0.15, 0.2) is 89.8 Å². The van der Waals surface area contributed by atoms with Crippen LogP contribution in [0.4, 0.5) is 5.82 Å². The molecule has 0 amide bonds. The number of nitrogens with zero attached hydrogens (tertiary/aromatic N) is 5. The van der Waals surface area contributed by atoms with Gasteiger partial charge in [0, 0.05) is 32.7 Å². The van der Waals surface area contributed by atoms with E-state index >= 15 is 0 Å². The van der Waals surface area contributed by atoms with E-state index < -0.39 is 15.1 Å². The maximum atomic E-state index is 13.5. The summed E-state index contributed by atoms with van der Waals surface area (Å²) >= 11 is 0. The third kappa shape index (κ3) is 4.74. The lowest BCUT2D eigenvalue weighted by Crippen LogP contribution is -2.46. The zero-order chi connectivity index (χ0) is 24.3. The summed E-state index contributed by atoms with van der Waals surface area (Å²) < 4.78 is 26.9. The Balaban J connectivity index is 1.49. The third-order valence-corrected chi connectivity index (χ3v) is 8.13. The van der Waals surface area contributed by atoms with Crippen molar-refractivity contribution in [2.24, 2.45) is 0 Å². The molecule has 7 nitrogen and oxygen atoms in total. The van der Waals surface area contributed by atoms with Crippen LogP contribution in [0, 0.1) is 11.3 Å². The summed E-state index contributed by atoms with van der Waals surface area (Å²) in [7, 11) is -3.99. The number of nitriles is 1. The average molecular weight is 484 g/mol. The molecule has 0 unspecified atom stereocenters. The van der Waals surface area contributed by atoms with E-state index in [0.717, 1.165) is 19.6 Å². The minimum absolute atomic E-state index is 0.0974. The average Bonchev–Trinajstić information content (AvgIpc) is 2.90. The van der Waals surface area contributed by atoms with E-state index in [9.17, 15) is 13.7 Å². The van der Waals surface area contributed by atoms with Gasteiger partial charge in [0.15, 0.2) is 11.1 Å². The summed E-state index contributed by atoms with van der Waals surface area (Å²) in [6, 6.07) is 27.8. The molecule has 4 aromatic rings. The Labute approximate surface area is 205 Å². The van der Waals surface area contributed by atoms with Crippen molar-refractivity contribution in [2.45, 2.75) is 16.7 Å². The fourth-order valence-electron chi connectivity index (χ4n) is 4.40. The summed E-state index contributed by atoms with van der Waals surface area (Å²) in [6.45, 7) is 3.78. The molecular weight excluding hydrogens is 458 g/mol. The van der Waals surface area contributed by atoms with Gasteiger partial charge in [0.25, 0.3) is 0 Å². The maximum Gasteiger partial charge on any atom is 0.200 e. The van der Waals surface area contributed by atoms with Gasteiger partial charge in [-0.2, -0.15) is 5.26 Å². The predicted octanol–water partition coefficient (Wildman–Crippen LogP) is 3.99. The Bertz CT molecular complexity index is 1460. The van der Waals surface area contributed by atoms with Crippen molar-refractivity contribution in [3.8, 4) is 6.07 Å². The van der Waals surface area contributed by atoms with E-state index in [2.05, 4.69) is 26.9 Å². The number of rotatable bonds is 6. The molecule has 1 fully saturated rings. The normalized spacial score (nSPS) is 15.6. The summed E-state index contributed by atoms with van der Waals surface area (Å²) in [4.78, 5) is 14.0. The number of aromatic nitrogens is 2. The van der Waals surface area contributed by atoms with Gasteiger partial charge in [-0.1, -0.05) is 60.7 Å². The largest absolute Gasteiger partial charge is 0.352 e. The molecule has 1 atom stereocenters. The van der Waals surface area contributed by atoms with Crippen LogP contribution >= 0.6 is 0 Å². The molecule has 0 spiro atoms. The minimum Gasteiger partial charge on any atom is -0.352 e. The fourth-order valence-corrected chi connectivity index (χ4v) is 5.80. The van der Waals surface area contributed by atoms with E-state index in [0.29, 0.717) is 29.9 Å². The van der Waals surface area contributed by atoms with Crippen molar-refractivity contribution >= 4 is 26.7 Å². The molecule has 0 bridgehead atoms. The van der Waals surface area contributed by atoms with Crippen LogP contribution in [0.1, 0.15) is 16.5 Å².